The van der Waals surface area contributed by atoms with Crippen LogP contribution in [0.5, 0.6) is 0 Å². The van der Waals surface area contributed by atoms with Crippen molar-refractivity contribution >= 4 is 60.2 Å². The number of rotatable bonds is 5. The standard InChI is InChI=1S/C55H39N/c1-55(2)51-25-11-10-24-47(51)48-31-29-44(35-52(48)55)56(42-20-12-18-39(32-42)36-14-4-3-5-15-36)43-21-13-19-40(33-43)50-34-41-27-26-37-16-6-8-22-45(37)53(41)54-46-23-9-7-17-38(46)28-30-49(50)54/h3-35H,1-2H3. The Kier molecular flexibility index (Phi) is 7.28. The molecule has 10 aromatic rings. The fourth-order valence-corrected chi connectivity index (χ4v) is 9.47. The molecule has 10 aromatic carbocycles. The van der Waals surface area contributed by atoms with Crippen molar-refractivity contribution < 1.29 is 0 Å². The van der Waals surface area contributed by atoms with Gasteiger partial charge < -0.3 is 4.90 Å². The van der Waals surface area contributed by atoms with Gasteiger partial charge in [0.15, 0.2) is 0 Å². The first-order chi connectivity index (χ1) is 27.5. The molecule has 0 aromatic heterocycles. The van der Waals surface area contributed by atoms with Crippen LogP contribution in [0.15, 0.2) is 200 Å². The first kappa shape index (κ1) is 32.5. The molecule has 264 valence electrons. The number of fused-ring (bicyclic) bond motifs is 10. The fourth-order valence-electron chi connectivity index (χ4n) is 9.47. The molecule has 0 heterocycles. The van der Waals surface area contributed by atoms with E-state index in [0.29, 0.717) is 0 Å². The Labute approximate surface area is 327 Å². The van der Waals surface area contributed by atoms with E-state index in [1.165, 1.54) is 87.6 Å². The normalized spacial score (nSPS) is 13.0. The minimum Gasteiger partial charge on any atom is -0.310 e. The van der Waals surface area contributed by atoms with Gasteiger partial charge in [0.2, 0.25) is 0 Å². The average molecular weight is 714 g/mol. The van der Waals surface area contributed by atoms with Crippen LogP contribution < -0.4 is 4.90 Å². The zero-order valence-corrected chi connectivity index (χ0v) is 31.5. The smallest absolute Gasteiger partial charge is 0.0467 e. The van der Waals surface area contributed by atoms with Crippen LogP contribution in [0.4, 0.5) is 17.1 Å². The summed E-state index contributed by atoms with van der Waals surface area (Å²) >= 11 is 0. The molecule has 0 saturated heterocycles. The van der Waals surface area contributed by atoms with Crippen molar-refractivity contribution in [3.05, 3.63) is 211 Å². The van der Waals surface area contributed by atoms with Crippen LogP contribution in [-0.4, -0.2) is 0 Å². The van der Waals surface area contributed by atoms with Gasteiger partial charge in [-0.25, -0.2) is 0 Å². The Balaban J connectivity index is 1.15. The van der Waals surface area contributed by atoms with Crippen LogP contribution in [0.2, 0.25) is 0 Å². The molecule has 1 aliphatic rings. The second-order valence-electron chi connectivity index (χ2n) is 15.7. The van der Waals surface area contributed by atoms with E-state index in [1.807, 2.05) is 0 Å². The summed E-state index contributed by atoms with van der Waals surface area (Å²) in [5.74, 6) is 0. The zero-order chi connectivity index (χ0) is 37.4. The quantitative estimate of drug-likeness (QED) is 0.161. The zero-order valence-electron chi connectivity index (χ0n) is 31.5. The molecule has 1 aliphatic carbocycles. The Morgan fingerprint density at radius 3 is 1.68 bits per heavy atom. The highest BCUT2D eigenvalue weighted by Crippen LogP contribution is 2.51. The van der Waals surface area contributed by atoms with Crippen LogP contribution in [0.1, 0.15) is 25.0 Å². The molecule has 0 radical (unpaired) electrons. The van der Waals surface area contributed by atoms with Crippen LogP contribution in [0.25, 0.3) is 76.5 Å². The van der Waals surface area contributed by atoms with E-state index in [-0.39, 0.29) is 5.41 Å². The molecule has 0 bridgehead atoms. The van der Waals surface area contributed by atoms with Crippen molar-refractivity contribution in [1.82, 2.24) is 0 Å². The molecular formula is C55H39N. The molecule has 0 amide bonds. The lowest BCUT2D eigenvalue weighted by Gasteiger charge is -2.29. The SMILES string of the molecule is CC1(C)c2ccccc2-c2ccc(N(c3cccc(-c4ccccc4)c3)c3cccc(-c4cc5ccc6ccccc6c5c5c4ccc4ccccc45)c3)cc21. The molecule has 0 unspecified atom stereocenters. The highest BCUT2D eigenvalue weighted by molar-refractivity contribution is 6.30. The van der Waals surface area contributed by atoms with E-state index >= 15 is 0 Å². The van der Waals surface area contributed by atoms with Gasteiger partial charge in [-0.15, -0.1) is 0 Å². The van der Waals surface area contributed by atoms with E-state index < -0.39 is 0 Å². The maximum absolute atomic E-state index is 2.45. The van der Waals surface area contributed by atoms with Crippen molar-refractivity contribution in [3.63, 3.8) is 0 Å². The van der Waals surface area contributed by atoms with Gasteiger partial charge in [0.05, 0.1) is 0 Å². The van der Waals surface area contributed by atoms with Gasteiger partial charge in [-0.3, -0.25) is 0 Å². The monoisotopic (exact) mass is 713 g/mol. The van der Waals surface area contributed by atoms with Gasteiger partial charge >= 0.3 is 0 Å². The molecule has 1 heteroatoms. The summed E-state index contributed by atoms with van der Waals surface area (Å²) < 4.78 is 0. The summed E-state index contributed by atoms with van der Waals surface area (Å²) in [7, 11) is 0. The summed E-state index contributed by atoms with van der Waals surface area (Å²) in [6.07, 6.45) is 0. The number of hydrogen-bond acceptors (Lipinski definition) is 1. The van der Waals surface area contributed by atoms with Gasteiger partial charge in [0, 0.05) is 22.5 Å². The summed E-state index contributed by atoms with van der Waals surface area (Å²) in [4.78, 5) is 2.45. The molecule has 0 spiro atoms. The predicted molar refractivity (Wildman–Crippen MR) is 240 cm³/mol. The van der Waals surface area contributed by atoms with Crippen LogP contribution in [-0.2, 0) is 5.41 Å². The largest absolute Gasteiger partial charge is 0.310 e. The van der Waals surface area contributed by atoms with Gasteiger partial charge in [-0.1, -0.05) is 172 Å². The van der Waals surface area contributed by atoms with E-state index in [4.69, 9.17) is 0 Å². The Morgan fingerprint density at radius 1 is 0.321 bits per heavy atom. The molecule has 0 aliphatic heterocycles. The summed E-state index contributed by atoms with van der Waals surface area (Å²) in [5.41, 5.74) is 13.5. The number of hydrogen-bond donors (Lipinski definition) is 0. The van der Waals surface area contributed by atoms with Crippen molar-refractivity contribution in [2.45, 2.75) is 19.3 Å². The molecular weight excluding hydrogens is 675 g/mol. The van der Waals surface area contributed by atoms with Crippen LogP contribution in [0, 0.1) is 0 Å². The summed E-state index contributed by atoms with van der Waals surface area (Å²) in [6.45, 7) is 4.72. The molecule has 11 rings (SSSR count). The first-order valence-corrected chi connectivity index (χ1v) is 19.6. The fraction of sp³-hybridized carbons (Fsp3) is 0.0545. The van der Waals surface area contributed by atoms with Crippen LogP contribution in [0.3, 0.4) is 0 Å². The van der Waals surface area contributed by atoms with Crippen molar-refractivity contribution in [1.29, 1.82) is 0 Å². The van der Waals surface area contributed by atoms with Gasteiger partial charge in [-0.2, -0.15) is 0 Å². The summed E-state index contributed by atoms with van der Waals surface area (Å²) in [6, 6.07) is 74.0. The lowest BCUT2D eigenvalue weighted by Crippen LogP contribution is -2.16. The van der Waals surface area contributed by atoms with E-state index in [0.717, 1.165) is 17.1 Å². The Bertz CT molecular complexity index is 3170. The third-order valence-electron chi connectivity index (χ3n) is 12.2. The molecule has 56 heavy (non-hydrogen) atoms. The Hall–Kier alpha value is -6.96. The first-order valence-electron chi connectivity index (χ1n) is 19.6. The molecule has 0 saturated carbocycles. The highest BCUT2D eigenvalue weighted by Gasteiger charge is 2.35. The topological polar surface area (TPSA) is 3.24 Å². The third kappa shape index (κ3) is 5.01. The lowest BCUT2D eigenvalue weighted by atomic mass is 9.82. The van der Waals surface area contributed by atoms with Gasteiger partial charge in [0.25, 0.3) is 0 Å². The summed E-state index contributed by atoms with van der Waals surface area (Å²) in [5, 5.41) is 10.2. The number of nitrogens with zero attached hydrogens (tertiary/aromatic N) is 1. The van der Waals surface area contributed by atoms with Crippen molar-refractivity contribution in [3.8, 4) is 33.4 Å². The molecule has 0 atom stereocenters. The molecule has 0 N–H and O–H groups in total. The minimum absolute atomic E-state index is 0.113. The molecule has 0 fully saturated rings. The second-order valence-corrected chi connectivity index (χ2v) is 15.7. The van der Waals surface area contributed by atoms with E-state index in [2.05, 4.69) is 219 Å². The maximum Gasteiger partial charge on any atom is 0.0467 e. The number of anilines is 3. The number of benzene rings is 10. The maximum atomic E-state index is 2.45. The minimum atomic E-state index is -0.113. The van der Waals surface area contributed by atoms with Gasteiger partial charge in [-0.05, 0) is 130 Å². The Morgan fingerprint density at radius 2 is 0.893 bits per heavy atom. The van der Waals surface area contributed by atoms with E-state index in [1.54, 1.807) is 0 Å². The van der Waals surface area contributed by atoms with Crippen LogP contribution >= 0.6 is 0 Å². The third-order valence-corrected chi connectivity index (χ3v) is 12.2. The second kappa shape index (κ2) is 12.5. The average Bonchev–Trinajstić information content (AvgIpc) is 3.49. The lowest BCUT2D eigenvalue weighted by molar-refractivity contribution is 0.660. The van der Waals surface area contributed by atoms with E-state index in [9.17, 15) is 0 Å². The van der Waals surface area contributed by atoms with Crippen molar-refractivity contribution in [2.24, 2.45) is 0 Å². The van der Waals surface area contributed by atoms with Gasteiger partial charge in [0.1, 0.15) is 0 Å². The highest BCUT2D eigenvalue weighted by atomic mass is 15.1. The predicted octanol–water partition coefficient (Wildman–Crippen LogP) is 15.4. The molecule has 1 nitrogen and oxygen atoms in total. The van der Waals surface area contributed by atoms with Crippen molar-refractivity contribution in [2.75, 3.05) is 4.90 Å².